The Morgan fingerprint density at radius 2 is 0.682 bits per heavy atom. The molecule has 440 valence electrons. The van der Waals surface area contributed by atoms with Crippen LogP contribution in [0.5, 0.6) is 23.0 Å². The average molecular weight is 1170 g/mol. The van der Waals surface area contributed by atoms with Crippen molar-refractivity contribution in [2.45, 2.75) is 173 Å². The van der Waals surface area contributed by atoms with Crippen LogP contribution in [-0.4, -0.2) is 35.9 Å². The number of hydrogen-bond donors (Lipinski definition) is 0. The zero-order chi connectivity index (χ0) is 58.3. The fraction of sp³-hybridized carbons (Fsp3) is 0.392. The zero-order valence-corrected chi connectivity index (χ0v) is 53.2. The maximum absolute atomic E-state index is 6.86. The first-order valence-corrected chi connectivity index (χ1v) is 34.4. The number of unbranched alkanes of at least 4 members (excludes halogenated alkanes) is 12. The van der Waals surface area contributed by atoms with E-state index in [1.54, 1.807) is 11.1 Å². The quantitative estimate of drug-likeness (QED) is 0.0455. The van der Waals surface area contributed by atoms with E-state index in [1.165, 1.54) is 159 Å². The van der Waals surface area contributed by atoms with Crippen molar-refractivity contribution >= 4 is 76.4 Å². The summed E-state index contributed by atoms with van der Waals surface area (Å²) in [5, 5.41) is 9.63. The topological polar surface area (TPSA) is 36.9 Å². The molecule has 0 aromatic heterocycles. The summed E-state index contributed by atoms with van der Waals surface area (Å²) in [6.45, 7) is 17.0. The van der Waals surface area contributed by atoms with Gasteiger partial charge in [-0.15, -0.1) is 23.5 Å². The summed E-state index contributed by atoms with van der Waals surface area (Å²) in [6, 6.07) is 50.0. The average Bonchev–Trinajstić information content (AvgIpc) is 1.74. The van der Waals surface area contributed by atoms with Crippen molar-refractivity contribution in [3.8, 4) is 45.3 Å². The van der Waals surface area contributed by atoms with Crippen LogP contribution < -0.4 is 18.9 Å². The molecule has 6 heteroatoms. The van der Waals surface area contributed by atoms with Gasteiger partial charge in [0.05, 0.1) is 35.9 Å². The summed E-state index contributed by atoms with van der Waals surface area (Å²) in [5.74, 6) is 3.73. The second-order valence-corrected chi connectivity index (χ2v) is 27.6. The van der Waals surface area contributed by atoms with Crippen LogP contribution >= 0.6 is 23.5 Å². The van der Waals surface area contributed by atoms with Crippen LogP contribution in [0.3, 0.4) is 0 Å². The molecule has 12 rings (SSSR count). The van der Waals surface area contributed by atoms with Gasteiger partial charge in [0.15, 0.2) is 0 Å². The normalized spacial score (nSPS) is 18.1. The summed E-state index contributed by atoms with van der Waals surface area (Å²) >= 11 is 4.18. The van der Waals surface area contributed by atoms with Crippen molar-refractivity contribution in [1.29, 1.82) is 0 Å². The molecule has 85 heavy (non-hydrogen) atoms. The van der Waals surface area contributed by atoms with Crippen molar-refractivity contribution < 1.29 is 18.9 Å². The van der Waals surface area contributed by atoms with Gasteiger partial charge in [0.25, 0.3) is 0 Å². The third kappa shape index (κ3) is 11.7. The number of ether oxygens (including phenoxy) is 4. The molecule has 0 bridgehead atoms. The minimum absolute atomic E-state index is 0.180. The van der Waals surface area contributed by atoms with Crippen molar-refractivity contribution in [1.82, 2.24) is 0 Å². The summed E-state index contributed by atoms with van der Waals surface area (Å²) in [4.78, 5) is 2.71. The molecule has 1 saturated carbocycles. The molecule has 4 nitrogen and oxygen atoms in total. The summed E-state index contributed by atoms with van der Waals surface area (Å²) < 4.78 is 27.0. The van der Waals surface area contributed by atoms with E-state index in [0.717, 1.165) is 83.8 Å². The molecule has 0 radical (unpaired) electrons. The summed E-state index contributed by atoms with van der Waals surface area (Å²) in [6.07, 6.45) is 27.2. The molecular weight excluding hydrogens is 1080 g/mol. The number of hydrogen-bond acceptors (Lipinski definition) is 6. The van der Waals surface area contributed by atoms with E-state index in [9.17, 15) is 0 Å². The molecule has 8 aromatic rings. The maximum Gasteiger partial charge on any atom is 0.127 e. The van der Waals surface area contributed by atoms with Crippen LogP contribution in [0.1, 0.15) is 175 Å². The Bertz CT molecular complexity index is 3630. The SMILES string of the molecule is CCCCCCOc1ccc2ccccc2c1-c1c(OCCCCCC)ccc2cc(C3=CC4=C5CCCC5=C5C=C(c6ccc7c(-c8c(OCCCCCC)ccc9ccccc89)c(OCCCCCC)ccc7c6)S[C@]5(C)[C@@]4(C)S3)ccc12. The lowest BCUT2D eigenvalue weighted by Gasteiger charge is -2.47. The van der Waals surface area contributed by atoms with Gasteiger partial charge in [-0.2, -0.15) is 0 Å². The highest BCUT2D eigenvalue weighted by Crippen LogP contribution is 2.70. The Morgan fingerprint density at radius 3 is 1.04 bits per heavy atom. The van der Waals surface area contributed by atoms with Gasteiger partial charge < -0.3 is 18.9 Å². The van der Waals surface area contributed by atoms with Crippen molar-refractivity contribution in [3.05, 3.63) is 179 Å². The molecule has 2 heterocycles. The Hall–Kier alpha value is -6.34. The fourth-order valence-electron chi connectivity index (χ4n) is 14.0. The van der Waals surface area contributed by atoms with Crippen LogP contribution in [0.25, 0.3) is 75.2 Å². The smallest absolute Gasteiger partial charge is 0.127 e. The van der Waals surface area contributed by atoms with E-state index in [1.807, 2.05) is 0 Å². The first-order valence-electron chi connectivity index (χ1n) is 32.8. The van der Waals surface area contributed by atoms with Crippen LogP contribution in [-0.2, 0) is 0 Å². The Kier molecular flexibility index (Phi) is 18.6. The largest absolute Gasteiger partial charge is 0.493 e. The van der Waals surface area contributed by atoms with Gasteiger partial charge in [-0.25, -0.2) is 0 Å². The lowest BCUT2D eigenvalue weighted by molar-refractivity contribution is 0.302. The van der Waals surface area contributed by atoms with Gasteiger partial charge in [-0.1, -0.05) is 202 Å². The second-order valence-electron chi connectivity index (χ2n) is 24.6. The van der Waals surface area contributed by atoms with Crippen molar-refractivity contribution in [2.24, 2.45) is 0 Å². The highest BCUT2D eigenvalue weighted by atomic mass is 32.2. The minimum Gasteiger partial charge on any atom is -0.493 e. The van der Waals surface area contributed by atoms with Crippen LogP contribution in [0.2, 0.25) is 0 Å². The van der Waals surface area contributed by atoms with E-state index in [0.29, 0.717) is 26.4 Å². The zero-order valence-electron chi connectivity index (χ0n) is 51.6. The second kappa shape index (κ2) is 26.7. The predicted molar refractivity (Wildman–Crippen MR) is 368 cm³/mol. The summed E-state index contributed by atoms with van der Waals surface area (Å²) in [5.41, 5.74) is 13.3. The predicted octanol–water partition coefficient (Wildman–Crippen LogP) is 23.7. The van der Waals surface area contributed by atoms with Crippen LogP contribution in [0.15, 0.2) is 168 Å². The van der Waals surface area contributed by atoms with E-state index < -0.39 is 0 Å². The van der Waals surface area contributed by atoms with E-state index >= 15 is 0 Å². The summed E-state index contributed by atoms with van der Waals surface area (Å²) in [7, 11) is 0. The lowest BCUT2D eigenvalue weighted by Crippen LogP contribution is -2.47. The first kappa shape index (κ1) is 59.0. The van der Waals surface area contributed by atoms with Gasteiger partial charge in [0.2, 0.25) is 0 Å². The number of rotatable bonds is 28. The monoisotopic (exact) mass is 1160 g/mol. The molecule has 0 spiro atoms. The van der Waals surface area contributed by atoms with Gasteiger partial charge >= 0.3 is 0 Å². The molecule has 0 unspecified atom stereocenters. The molecule has 1 fully saturated rings. The van der Waals surface area contributed by atoms with Gasteiger partial charge in [-0.3, -0.25) is 0 Å². The molecule has 2 aliphatic carbocycles. The third-order valence-electron chi connectivity index (χ3n) is 18.8. The standard InChI is InChI=1S/C79H88O4S2/c1-7-11-15-23-46-80-68-42-36-54-28-19-21-30-60(54)74(68)76-62-40-34-58(50-56(62)38-44-70(76)82-48-25-17-13-9-3)72-52-66-64-32-27-33-65(64)67-53-73(85-79(67,6)78(66,5)84-72)59-35-41-63-57(51-59)39-45-71(83-49-26-18-14-10-4)77(63)75-61-31-22-20-29-55(61)37-43-69(75)81-47-24-16-12-8-2/h19-22,28-31,34-45,50-53H,7-18,23-27,32-33,46-49H2,1-6H3/t78-,79-/m0/s1. The third-order valence-corrected chi connectivity index (χ3v) is 22.2. The maximum atomic E-state index is 6.86. The van der Waals surface area contributed by atoms with Crippen LogP contribution in [0.4, 0.5) is 0 Å². The first-order chi connectivity index (χ1) is 41.8. The fourth-order valence-corrected chi connectivity index (χ4v) is 17.2. The van der Waals surface area contributed by atoms with E-state index in [4.69, 9.17) is 18.9 Å². The van der Waals surface area contributed by atoms with Gasteiger partial charge in [-0.05, 0) is 184 Å². The molecular formula is C79H88O4S2. The highest BCUT2D eigenvalue weighted by Gasteiger charge is 2.59. The van der Waals surface area contributed by atoms with E-state index in [-0.39, 0.29) is 9.49 Å². The molecule has 2 atom stereocenters. The molecule has 0 saturated heterocycles. The number of fused-ring (bicyclic) bond motifs is 8. The number of allylic oxidation sites excluding steroid dienone is 4. The Morgan fingerprint density at radius 1 is 0.353 bits per heavy atom. The van der Waals surface area contributed by atoms with Gasteiger partial charge in [0.1, 0.15) is 23.0 Å². The number of benzene rings is 8. The molecule has 8 aromatic carbocycles. The Labute approximate surface area is 515 Å². The molecule has 0 N–H and O–H groups in total. The number of thioether (sulfide) groups is 2. The lowest BCUT2D eigenvalue weighted by atomic mass is 9.72. The van der Waals surface area contributed by atoms with Crippen molar-refractivity contribution in [3.63, 3.8) is 0 Å². The van der Waals surface area contributed by atoms with Gasteiger partial charge in [0, 0.05) is 32.1 Å². The van der Waals surface area contributed by atoms with Crippen LogP contribution in [0, 0.1) is 0 Å². The molecule has 0 amide bonds. The highest BCUT2D eigenvalue weighted by molar-refractivity contribution is 8.14. The molecule has 2 aliphatic heterocycles. The Balaban J connectivity index is 0.888. The van der Waals surface area contributed by atoms with E-state index in [2.05, 4.69) is 211 Å². The minimum atomic E-state index is -0.180. The van der Waals surface area contributed by atoms with Crippen molar-refractivity contribution in [2.75, 3.05) is 26.4 Å². The molecule has 4 aliphatic rings.